The van der Waals surface area contributed by atoms with E-state index in [1.807, 2.05) is 6.07 Å². The monoisotopic (exact) mass is 353 g/mol. The molecule has 0 saturated heterocycles. The van der Waals surface area contributed by atoms with Gasteiger partial charge in [0.05, 0.1) is 17.4 Å². The molecule has 0 aromatic heterocycles. The van der Waals surface area contributed by atoms with E-state index in [0.717, 1.165) is 5.56 Å². The van der Waals surface area contributed by atoms with Crippen LogP contribution in [0.3, 0.4) is 0 Å². The largest absolute Gasteiger partial charge is 0.452 e. The number of nitrogens with zero attached hydrogens (tertiary/aromatic N) is 2. The highest BCUT2D eigenvalue weighted by atomic mass is 16.6. The number of ether oxygens (including phenoxy) is 1. The van der Waals surface area contributed by atoms with Crippen molar-refractivity contribution < 1.29 is 19.2 Å². The van der Waals surface area contributed by atoms with Crippen LogP contribution in [0.4, 0.5) is 11.4 Å². The van der Waals surface area contributed by atoms with Crippen LogP contribution in [0, 0.1) is 28.4 Å². The fourth-order valence-electron chi connectivity index (χ4n) is 2.27. The highest BCUT2D eigenvalue weighted by Gasteiger charge is 2.24. The lowest BCUT2D eigenvalue weighted by Gasteiger charge is -2.08. The van der Waals surface area contributed by atoms with Gasteiger partial charge >= 0.3 is 5.97 Å². The average molecular weight is 353 g/mol. The molecule has 132 valence electrons. The molecular formula is C18H15N3O5. The second kappa shape index (κ2) is 8.39. The van der Waals surface area contributed by atoms with Crippen LogP contribution in [0.25, 0.3) is 0 Å². The average Bonchev–Trinajstić information content (AvgIpc) is 2.61. The molecule has 1 amide bonds. The smallest absolute Gasteiger partial charge is 0.345 e. The van der Waals surface area contributed by atoms with Crippen molar-refractivity contribution in [2.45, 2.75) is 13.3 Å². The van der Waals surface area contributed by atoms with E-state index in [1.165, 1.54) is 12.1 Å². The van der Waals surface area contributed by atoms with E-state index < -0.39 is 23.4 Å². The third-order valence-corrected chi connectivity index (χ3v) is 3.51. The summed E-state index contributed by atoms with van der Waals surface area (Å²) in [4.78, 5) is 34.4. The van der Waals surface area contributed by atoms with E-state index >= 15 is 0 Å². The van der Waals surface area contributed by atoms with E-state index in [1.54, 1.807) is 37.3 Å². The van der Waals surface area contributed by atoms with Crippen molar-refractivity contribution in [2.75, 3.05) is 11.9 Å². The predicted molar refractivity (Wildman–Crippen MR) is 92.5 cm³/mol. The van der Waals surface area contributed by atoms with Crippen LogP contribution in [0.1, 0.15) is 21.5 Å². The number of nitriles is 1. The Balaban J connectivity index is 1.98. The number of benzene rings is 2. The van der Waals surface area contributed by atoms with Crippen LogP contribution in [-0.2, 0) is 16.0 Å². The molecular weight excluding hydrogens is 338 g/mol. The first kappa shape index (κ1) is 18.6. The predicted octanol–water partition coefficient (Wildman–Crippen LogP) is 2.76. The van der Waals surface area contributed by atoms with E-state index in [9.17, 15) is 19.7 Å². The summed E-state index contributed by atoms with van der Waals surface area (Å²) >= 11 is 0. The molecule has 26 heavy (non-hydrogen) atoms. The van der Waals surface area contributed by atoms with Gasteiger partial charge in [0.2, 0.25) is 0 Å². The Morgan fingerprint density at radius 3 is 2.54 bits per heavy atom. The van der Waals surface area contributed by atoms with Gasteiger partial charge in [-0.05, 0) is 30.2 Å². The lowest BCUT2D eigenvalue weighted by atomic mass is 10.1. The van der Waals surface area contributed by atoms with Gasteiger partial charge in [0.25, 0.3) is 11.6 Å². The Morgan fingerprint density at radius 2 is 1.92 bits per heavy atom. The number of carbonyl (C=O) groups excluding carboxylic acids is 2. The molecule has 0 heterocycles. The van der Waals surface area contributed by atoms with Crippen molar-refractivity contribution >= 4 is 23.3 Å². The highest BCUT2D eigenvalue weighted by Crippen LogP contribution is 2.22. The minimum atomic E-state index is -0.936. The number of rotatable bonds is 6. The molecule has 0 radical (unpaired) electrons. The molecule has 0 spiro atoms. The summed E-state index contributed by atoms with van der Waals surface area (Å²) in [5.74, 6) is -1.52. The fourth-order valence-corrected chi connectivity index (χ4v) is 2.27. The van der Waals surface area contributed by atoms with Crippen LogP contribution in [0.15, 0.2) is 42.5 Å². The number of hydrogen-bond donors (Lipinski definition) is 1. The van der Waals surface area contributed by atoms with E-state index in [2.05, 4.69) is 5.32 Å². The Hall–Kier alpha value is -3.73. The van der Waals surface area contributed by atoms with Crippen LogP contribution in [-0.4, -0.2) is 23.4 Å². The summed E-state index contributed by atoms with van der Waals surface area (Å²) in [6, 6.07) is 12.9. The van der Waals surface area contributed by atoms with Crippen molar-refractivity contribution in [3.8, 4) is 6.07 Å². The van der Waals surface area contributed by atoms with Crippen LogP contribution in [0.5, 0.6) is 0 Å². The van der Waals surface area contributed by atoms with Crippen LogP contribution < -0.4 is 5.32 Å². The summed E-state index contributed by atoms with van der Waals surface area (Å²) in [6.07, 6.45) is 0.265. The van der Waals surface area contributed by atoms with Gasteiger partial charge in [-0.15, -0.1) is 0 Å². The van der Waals surface area contributed by atoms with E-state index in [4.69, 9.17) is 10.00 Å². The maximum absolute atomic E-state index is 12.1. The number of anilines is 1. The third-order valence-electron chi connectivity index (χ3n) is 3.51. The number of amides is 1. The first-order chi connectivity index (χ1) is 12.4. The quantitative estimate of drug-likeness (QED) is 0.484. The standard InChI is InChI=1S/C18H15N3O5/c1-12-3-2-4-15(21(24)25)17(12)18(23)26-11-16(22)20-14-7-5-13(6-8-14)9-10-19/h2-8H,9,11H2,1H3,(H,20,22). The highest BCUT2D eigenvalue weighted by molar-refractivity contribution is 5.98. The summed E-state index contributed by atoms with van der Waals surface area (Å²) in [7, 11) is 0. The first-order valence-electron chi connectivity index (χ1n) is 7.59. The summed E-state index contributed by atoms with van der Waals surface area (Å²) < 4.78 is 4.90. The molecule has 0 unspecified atom stereocenters. The molecule has 0 bridgehead atoms. The Morgan fingerprint density at radius 1 is 1.23 bits per heavy atom. The molecule has 8 nitrogen and oxygen atoms in total. The number of hydrogen-bond acceptors (Lipinski definition) is 6. The normalized spacial score (nSPS) is 9.85. The number of nitro benzene ring substituents is 1. The fraction of sp³-hybridized carbons (Fsp3) is 0.167. The molecule has 0 aliphatic heterocycles. The second-order valence-electron chi connectivity index (χ2n) is 5.38. The van der Waals surface area contributed by atoms with Crippen molar-refractivity contribution in [1.29, 1.82) is 5.26 Å². The Labute approximate surface area is 149 Å². The zero-order valence-corrected chi connectivity index (χ0v) is 13.9. The molecule has 8 heteroatoms. The molecule has 0 aliphatic rings. The Kier molecular flexibility index (Phi) is 6.01. The minimum Gasteiger partial charge on any atom is -0.452 e. The first-order valence-corrected chi connectivity index (χ1v) is 7.59. The summed E-state index contributed by atoms with van der Waals surface area (Å²) in [5.41, 5.74) is 1.13. The number of nitrogens with one attached hydrogen (secondary N) is 1. The number of esters is 1. The van der Waals surface area contributed by atoms with Crippen molar-refractivity contribution in [2.24, 2.45) is 0 Å². The topological polar surface area (TPSA) is 122 Å². The summed E-state index contributed by atoms with van der Waals surface area (Å²) in [5, 5.41) is 22.2. The second-order valence-corrected chi connectivity index (χ2v) is 5.38. The van der Waals surface area contributed by atoms with Crippen LogP contribution >= 0.6 is 0 Å². The maximum atomic E-state index is 12.1. The van der Waals surface area contributed by atoms with E-state index in [0.29, 0.717) is 11.3 Å². The minimum absolute atomic E-state index is 0.175. The molecule has 1 N–H and O–H groups in total. The molecule has 0 fully saturated rings. The van der Waals surface area contributed by atoms with Gasteiger partial charge < -0.3 is 10.1 Å². The van der Waals surface area contributed by atoms with Gasteiger partial charge in [-0.3, -0.25) is 14.9 Å². The van der Waals surface area contributed by atoms with Gasteiger partial charge in [0.15, 0.2) is 6.61 Å². The van der Waals surface area contributed by atoms with E-state index in [-0.39, 0.29) is 17.7 Å². The summed E-state index contributed by atoms with van der Waals surface area (Å²) in [6.45, 7) is 0.969. The van der Waals surface area contributed by atoms with Crippen molar-refractivity contribution in [3.05, 3.63) is 69.3 Å². The van der Waals surface area contributed by atoms with Gasteiger partial charge in [0.1, 0.15) is 5.56 Å². The lowest BCUT2D eigenvalue weighted by Crippen LogP contribution is -2.21. The molecule has 2 aromatic carbocycles. The molecule has 0 saturated carbocycles. The number of nitro groups is 1. The zero-order valence-electron chi connectivity index (χ0n) is 13.9. The van der Waals surface area contributed by atoms with Crippen LogP contribution in [0.2, 0.25) is 0 Å². The van der Waals surface area contributed by atoms with Crippen molar-refractivity contribution in [3.63, 3.8) is 0 Å². The number of aryl methyl sites for hydroxylation is 1. The molecule has 0 aliphatic carbocycles. The molecule has 2 rings (SSSR count). The van der Waals surface area contributed by atoms with Gasteiger partial charge in [-0.1, -0.05) is 24.3 Å². The molecule has 0 atom stereocenters. The van der Waals surface area contributed by atoms with Crippen molar-refractivity contribution in [1.82, 2.24) is 0 Å². The zero-order chi connectivity index (χ0) is 19.1. The van der Waals surface area contributed by atoms with Gasteiger partial charge in [0, 0.05) is 11.8 Å². The van der Waals surface area contributed by atoms with Gasteiger partial charge in [-0.2, -0.15) is 5.26 Å². The molecule has 2 aromatic rings. The SMILES string of the molecule is Cc1cccc([N+](=O)[O-])c1C(=O)OCC(=O)Nc1ccc(CC#N)cc1. The number of carbonyl (C=O) groups is 2. The maximum Gasteiger partial charge on any atom is 0.345 e. The Bertz CT molecular complexity index is 885. The van der Waals surface area contributed by atoms with Gasteiger partial charge in [-0.25, -0.2) is 4.79 Å². The third kappa shape index (κ3) is 4.64. The lowest BCUT2D eigenvalue weighted by molar-refractivity contribution is -0.385.